The molecule has 6 aromatic rings. The standard InChI is InChI=1S/C24H28N4O6S.C24H27N3O7S/c1-19(2)34-21-5-7-22(8-6-21)35(30,31)27-14-12-26(13-15-27)20-4-9-23(28-11-3-10-25-28)24(16-20)33-18-32-17-29;1-18(2)34-20-4-6-21(7-5-20)35(29,30)27-11-9-26(10-12-27)19-3-8-22(23-14-31-15-25-23)24(13-19)33-17-32-16-28/h3-11,16-17,19H,12-15,18H2,1-2H3;3-8,13-16,18H,9-12,17H2,1-2H3. The third-order valence-corrected chi connectivity index (χ3v) is 14.8. The first kappa shape index (κ1) is 50.7. The Kier molecular flexibility index (Phi) is 17.0. The summed E-state index contributed by atoms with van der Waals surface area (Å²) < 4.78 is 94.1. The maximum Gasteiger partial charge on any atom is 0.295 e. The number of rotatable bonds is 20. The van der Waals surface area contributed by atoms with Gasteiger partial charge in [0, 0.05) is 93.8 Å². The largest absolute Gasteiger partial charge is 0.491 e. The molecule has 70 heavy (non-hydrogen) atoms. The Balaban J connectivity index is 0.000000206. The van der Waals surface area contributed by atoms with E-state index in [4.69, 9.17) is 23.4 Å². The van der Waals surface area contributed by atoms with Gasteiger partial charge in [0.1, 0.15) is 34.9 Å². The molecule has 0 N–H and O–H groups in total. The molecular formula is C48H55N7O13S2. The van der Waals surface area contributed by atoms with E-state index in [1.807, 2.05) is 64.1 Å². The van der Waals surface area contributed by atoms with E-state index in [0.717, 1.165) is 11.4 Å². The van der Waals surface area contributed by atoms with Crippen LogP contribution in [0.4, 0.5) is 11.4 Å². The molecule has 0 aliphatic carbocycles. The third kappa shape index (κ3) is 12.7. The van der Waals surface area contributed by atoms with E-state index in [1.54, 1.807) is 71.7 Å². The summed E-state index contributed by atoms with van der Waals surface area (Å²) in [5.41, 5.74) is 3.68. The lowest BCUT2D eigenvalue weighted by atomic mass is 10.1. The number of hydrogen-bond acceptors (Lipinski definition) is 17. The van der Waals surface area contributed by atoms with Gasteiger partial charge in [-0.15, -0.1) is 0 Å². The fraction of sp³-hybridized carbons (Fsp3) is 0.333. The number of ether oxygens (including phenoxy) is 6. The minimum Gasteiger partial charge on any atom is -0.491 e. The monoisotopic (exact) mass is 1000 g/mol. The Morgan fingerprint density at radius 3 is 1.56 bits per heavy atom. The fourth-order valence-corrected chi connectivity index (χ4v) is 10.5. The summed E-state index contributed by atoms with van der Waals surface area (Å²) in [7, 11) is -7.22. The quantitative estimate of drug-likeness (QED) is 0.0500. The molecule has 20 nitrogen and oxygen atoms in total. The zero-order chi connectivity index (χ0) is 49.7. The van der Waals surface area contributed by atoms with Gasteiger partial charge in [0.05, 0.1) is 22.0 Å². The zero-order valence-electron chi connectivity index (χ0n) is 39.1. The van der Waals surface area contributed by atoms with E-state index in [-0.39, 0.29) is 35.6 Å². The van der Waals surface area contributed by atoms with Crippen molar-refractivity contribution in [2.75, 3.05) is 75.7 Å². The normalized spacial score (nSPS) is 14.7. The van der Waals surface area contributed by atoms with E-state index in [2.05, 4.69) is 29.4 Å². The summed E-state index contributed by atoms with van der Waals surface area (Å²) in [5.74, 6) is 2.23. The highest BCUT2D eigenvalue weighted by molar-refractivity contribution is 7.89. The van der Waals surface area contributed by atoms with Gasteiger partial charge in [-0.25, -0.2) is 26.5 Å². The Morgan fingerprint density at radius 2 is 1.11 bits per heavy atom. The van der Waals surface area contributed by atoms with Crippen molar-refractivity contribution in [3.8, 4) is 39.9 Å². The van der Waals surface area contributed by atoms with Crippen molar-refractivity contribution >= 4 is 44.4 Å². The molecule has 0 atom stereocenters. The second kappa shape index (κ2) is 23.4. The Morgan fingerprint density at radius 1 is 0.629 bits per heavy atom. The van der Waals surface area contributed by atoms with Crippen molar-refractivity contribution in [3.05, 3.63) is 116 Å². The highest BCUT2D eigenvalue weighted by atomic mass is 32.2. The van der Waals surface area contributed by atoms with Crippen molar-refractivity contribution in [2.45, 2.75) is 49.7 Å². The van der Waals surface area contributed by atoms with Crippen LogP contribution in [0.15, 0.2) is 130 Å². The number of sulfonamides is 2. The topological polar surface area (TPSA) is 215 Å². The van der Waals surface area contributed by atoms with Crippen LogP contribution in [0.3, 0.4) is 0 Å². The number of oxazole rings is 1. The predicted molar refractivity (Wildman–Crippen MR) is 257 cm³/mol. The average Bonchev–Trinajstić information content (AvgIpc) is 4.11. The van der Waals surface area contributed by atoms with E-state index < -0.39 is 20.0 Å². The van der Waals surface area contributed by atoms with Crippen LogP contribution in [0.2, 0.25) is 0 Å². The van der Waals surface area contributed by atoms with Gasteiger partial charge in [-0.3, -0.25) is 9.59 Å². The van der Waals surface area contributed by atoms with Gasteiger partial charge in [-0.1, -0.05) is 0 Å². The number of nitrogens with zero attached hydrogens (tertiary/aromatic N) is 7. The lowest BCUT2D eigenvalue weighted by molar-refractivity contribution is -0.135. The SMILES string of the molecule is CC(C)Oc1ccc(S(=O)(=O)N2CCN(c3ccc(-c4cocn4)c(OCOC=O)c3)CC2)cc1.CC(C)Oc1ccc(S(=O)(=O)N2CCN(c3ccc(-n4cccn4)c(OCOC=O)c3)CC2)cc1. The molecule has 2 aliphatic rings. The minimum atomic E-state index is -3.61. The maximum atomic E-state index is 13.1. The first-order valence-corrected chi connectivity index (χ1v) is 25.2. The molecule has 0 unspecified atom stereocenters. The zero-order valence-corrected chi connectivity index (χ0v) is 40.7. The van der Waals surface area contributed by atoms with Gasteiger partial charge in [-0.05, 0) is 107 Å². The van der Waals surface area contributed by atoms with Gasteiger partial charge in [0.2, 0.25) is 33.6 Å². The third-order valence-electron chi connectivity index (χ3n) is 10.9. The molecule has 4 heterocycles. The molecule has 0 spiro atoms. The number of piperazine rings is 2. The number of carbonyl (C=O) groups is 2. The molecule has 0 saturated carbocycles. The van der Waals surface area contributed by atoms with E-state index in [1.165, 1.54) is 21.3 Å². The maximum absolute atomic E-state index is 13.1. The summed E-state index contributed by atoms with van der Waals surface area (Å²) in [6.07, 6.45) is 6.28. The molecule has 2 saturated heterocycles. The van der Waals surface area contributed by atoms with Gasteiger partial charge >= 0.3 is 0 Å². The first-order chi connectivity index (χ1) is 33.8. The molecule has 8 rings (SSSR count). The second-order valence-electron chi connectivity index (χ2n) is 16.3. The predicted octanol–water partition coefficient (Wildman–Crippen LogP) is 5.83. The van der Waals surface area contributed by atoms with Gasteiger partial charge in [0.15, 0.2) is 12.1 Å². The smallest absolute Gasteiger partial charge is 0.295 e. The van der Waals surface area contributed by atoms with Crippen LogP contribution in [0, 0.1) is 0 Å². The van der Waals surface area contributed by atoms with Crippen LogP contribution in [-0.4, -0.2) is 131 Å². The van der Waals surface area contributed by atoms with Crippen LogP contribution >= 0.6 is 0 Å². The van der Waals surface area contributed by atoms with Crippen molar-refractivity contribution < 1.29 is 59.3 Å². The summed E-state index contributed by atoms with van der Waals surface area (Å²) in [5, 5.41) is 4.23. The summed E-state index contributed by atoms with van der Waals surface area (Å²) in [6.45, 7) is 11.2. The molecule has 4 aromatic carbocycles. The van der Waals surface area contributed by atoms with E-state index in [9.17, 15) is 26.4 Å². The van der Waals surface area contributed by atoms with Crippen LogP contribution in [0.1, 0.15) is 27.7 Å². The van der Waals surface area contributed by atoms with Crippen molar-refractivity contribution in [2.24, 2.45) is 0 Å². The van der Waals surface area contributed by atoms with Crippen molar-refractivity contribution in [1.82, 2.24) is 23.4 Å². The van der Waals surface area contributed by atoms with Gasteiger partial charge in [0.25, 0.3) is 12.9 Å². The minimum absolute atomic E-state index is 0.0130. The van der Waals surface area contributed by atoms with Crippen molar-refractivity contribution in [3.63, 3.8) is 0 Å². The van der Waals surface area contributed by atoms with Crippen LogP contribution in [0.5, 0.6) is 23.0 Å². The molecule has 22 heteroatoms. The molecule has 0 radical (unpaired) electrons. The lowest BCUT2D eigenvalue weighted by Crippen LogP contribution is -2.48. The number of anilines is 2. The van der Waals surface area contributed by atoms with Crippen LogP contribution < -0.4 is 28.7 Å². The fourth-order valence-electron chi connectivity index (χ4n) is 7.65. The Hall–Kier alpha value is -7.14. The molecule has 2 fully saturated rings. The average molecular weight is 1000 g/mol. The summed E-state index contributed by atoms with van der Waals surface area (Å²) >= 11 is 0. The van der Waals surface area contributed by atoms with E-state index >= 15 is 0 Å². The number of hydrogen-bond donors (Lipinski definition) is 0. The number of carbonyl (C=O) groups excluding carboxylic acids is 2. The van der Waals surface area contributed by atoms with Gasteiger partial charge in [-0.2, -0.15) is 13.7 Å². The molecule has 0 amide bonds. The van der Waals surface area contributed by atoms with Crippen molar-refractivity contribution in [1.29, 1.82) is 0 Å². The van der Waals surface area contributed by atoms with E-state index in [0.29, 0.717) is 105 Å². The van der Waals surface area contributed by atoms with Crippen LogP contribution in [-0.2, 0) is 39.1 Å². The highest BCUT2D eigenvalue weighted by Gasteiger charge is 2.31. The Labute approximate surface area is 406 Å². The second-order valence-corrected chi connectivity index (χ2v) is 20.1. The molecule has 0 bridgehead atoms. The Bertz CT molecular complexity index is 2640. The molecule has 372 valence electrons. The molecular weight excluding hydrogens is 947 g/mol. The van der Waals surface area contributed by atoms with Crippen LogP contribution in [0.25, 0.3) is 16.9 Å². The molecule has 2 aromatic heterocycles. The summed E-state index contributed by atoms with van der Waals surface area (Å²) in [6, 6.07) is 26.0. The lowest BCUT2D eigenvalue weighted by Gasteiger charge is -2.35. The summed E-state index contributed by atoms with van der Waals surface area (Å²) in [4.78, 5) is 29.8. The first-order valence-electron chi connectivity index (χ1n) is 22.3. The number of benzene rings is 4. The van der Waals surface area contributed by atoms with Gasteiger partial charge < -0.3 is 42.6 Å². The highest BCUT2D eigenvalue weighted by Crippen LogP contribution is 2.35. The number of aromatic nitrogens is 3. The molecule has 2 aliphatic heterocycles.